The number of unbranched alkanes of at least 4 members (excludes halogenated alkanes) is 1. The smallest absolute Gasteiger partial charge is 0.217 e. The van der Waals surface area contributed by atoms with Crippen LogP contribution in [0, 0.1) is 0 Å². The minimum absolute atomic E-state index is 0.177. The van der Waals surface area contributed by atoms with Gasteiger partial charge in [0.25, 0.3) is 0 Å². The van der Waals surface area contributed by atoms with E-state index in [0.717, 1.165) is 32.2 Å². The zero-order valence-corrected chi connectivity index (χ0v) is 9.90. The number of carbonyl (C=O) groups excluding carboxylic acids is 1. The second kappa shape index (κ2) is 5.15. The molecule has 2 saturated heterocycles. The first-order valence-electron chi connectivity index (χ1n) is 6.46. The van der Waals surface area contributed by atoms with Gasteiger partial charge in [0.2, 0.25) is 5.91 Å². The first kappa shape index (κ1) is 11.9. The number of hydrogen-bond acceptors (Lipinski definition) is 3. The molecule has 0 aromatic rings. The first-order valence-corrected chi connectivity index (χ1v) is 6.46. The molecule has 2 rings (SSSR count). The molecule has 0 radical (unpaired) electrons. The third-order valence-corrected chi connectivity index (χ3v) is 4.01. The van der Waals surface area contributed by atoms with Crippen LogP contribution in [0.4, 0.5) is 0 Å². The lowest BCUT2D eigenvalue weighted by Gasteiger charge is -2.37. The molecule has 0 aromatic heterocycles. The van der Waals surface area contributed by atoms with Gasteiger partial charge in [-0.25, -0.2) is 0 Å². The molecule has 92 valence electrons. The van der Waals surface area contributed by atoms with Crippen LogP contribution < -0.4 is 11.5 Å². The van der Waals surface area contributed by atoms with Crippen molar-refractivity contribution >= 4 is 5.91 Å². The molecule has 4 nitrogen and oxygen atoms in total. The minimum Gasteiger partial charge on any atom is -0.370 e. The van der Waals surface area contributed by atoms with Crippen molar-refractivity contribution in [1.82, 2.24) is 4.90 Å². The highest BCUT2D eigenvalue weighted by Crippen LogP contribution is 2.35. The summed E-state index contributed by atoms with van der Waals surface area (Å²) in [4.78, 5) is 13.2. The Bertz CT molecular complexity index is 243. The summed E-state index contributed by atoms with van der Waals surface area (Å²) in [6.07, 6.45) is 7.49. The first-order chi connectivity index (χ1) is 7.66. The highest BCUT2D eigenvalue weighted by atomic mass is 16.1. The van der Waals surface area contributed by atoms with Gasteiger partial charge in [-0.05, 0) is 45.1 Å². The summed E-state index contributed by atoms with van der Waals surface area (Å²) in [6, 6.07) is 1.84. The molecule has 0 aliphatic carbocycles. The van der Waals surface area contributed by atoms with E-state index < -0.39 is 0 Å². The summed E-state index contributed by atoms with van der Waals surface area (Å²) in [5.41, 5.74) is 11.2. The van der Waals surface area contributed by atoms with E-state index in [9.17, 15) is 4.79 Å². The second-order valence-corrected chi connectivity index (χ2v) is 5.28. The molecule has 2 aliphatic heterocycles. The van der Waals surface area contributed by atoms with E-state index in [4.69, 9.17) is 11.5 Å². The molecule has 4 N–H and O–H groups in total. The maximum absolute atomic E-state index is 10.6. The van der Waals surface area contributed by atoms with Crippen LogP contribution in [0.3, 0.4) is 0 Å². The van der Waals surface area contributed by atoms with Gasteiger partial charge in [0.05, 0.1) is 0 Å². The molecular weight excluding hydrogens is 202 g/mol. The van der Waals surface area contributed by atoms with Crippen molar-refractivity contribution in [2.24, 2.45) is 11.5 Å². The fourth-order valence-electron chi connectivity index (χ4n) is 3.27. The Morgan fingerprint density at radius 2 is 1.81 bits per heavy atom. The summed E-state index contributed by atoms with van der Waals surface area (Å²) < 4.78 is 0. The van der Waals surface area contributed by atoms with Gasteiger partial charge in [-0.2, -0.15) is 0 Å². The van der Waals surface area contributed by atoms with Gasteiger partial charge in [-0.1, -0.05) is 0 Å². The average Bonchev–Trinajstić information content (AvgIpc) is 2.45. The maximum Gasteiger partial charge on any atom is 0.217 e. The number of carbonyl (C=O) groups is 1. The monoisotopic (exact) mass is 225 g/mol. The summed E-state index contributed by atoms with van der Waals surface area (Å²) >= 11 is 0. The van der Waals surface area contributed by atoms with Crippen molar-refractivity contribution in [1.29, 1.82) is 0 Å². The van der Waals surface area contributed by atoms with Gasteiger partial charge < -0.3 is 11.5 Å². The highest BCUT2D eigenvalue weighted by Gasteiger charge is 2.38. The summed E-state index contributed by atoms with van der Waals surface area (Å²) in [5, 5.41) is 0. The lowest BCUT2D eigenvalue weighted by atomic mass is 9.98. The van der Waals surface area contributed by atoms with Crippen molar-refractivity contribution in [2.45, 2.75) is 63.1 Å². The molecule has 2 unspecified atom stereocenters. The third kappa shape index (κ3) is 2.74. The number of nitrogens with two attached hydrogens (primary N) is 2. The number of piperidine rings is 1. The predicted octanol–water partition coefficient (Wildman–Crippen LogP) is 0.596. The van der Waals surface area contributed by atoms with Crippen LogP contribution in [0.15, 0.2) is 0 Å². The van der Waals surface area contributed by atoms with Gasteiger partial charge in [0.15, 0.2) is 0 Å². The molecule has 2 fully saturated rings. The maximum atomic E-state index is 10.6. The number of nitrogens with zero attached hydrogens (tertiary/aromatic N) is 1. The SMILES string of the molecule is NC(=O)CCCCN1C2CCC1CC(N)C2. The Morgan fingerprint density at radius 1 is 1.19 bits per heavy atom. The van der Waals surface area contributed by atoms with E-state index in [2.05, 4.69) is 4.90 Å². The lowest BCUT2D eigenvalue weighted by molar-refractivity contribution is -0.118. The van der Waals surface area contributed by atoms with Gasteiger partial charge in [0.1, 0.15) is 0 Å². The summed E-state index contributed by atoms with van der Waals surface area (Å²) in [5.74, 6) is -0.177. The second-order valence-electron chi connectivity index (χ2n) is 5.28. The number of amides is 1. The van der Waals surface area contributed by atoms with Crippen LogP contribution in [-0.4, -0.2) is 35.5 Å². The van der Waals surface area contributed by atoms with E-state index >= 15 is 0 Å². The van der Waals surface area contributed by atoms with Crippen molar-refractivity contribution in [3.05, 3.63) is 0 Å². The largest absolute Gasteiger partial charge is 0.370 e. The molecular formula is C12H23N3O. The van der Waals surface area contributed by atoms with E-state index in [0.29, 0.717) is 24.5 Å². The van der Waals surface area contributed by atoms with Gasteiger partial charge >= 0.3 is 0 Å². The van der Waals surface area contributed by atoms with Crippen LogP contribution in [0.2, 0.25) is 0 Å². The van der Waals surface area contributed by atoms with E-state index in [1.54, 1.807) is 0 Å². The van der Waals surface area contributed by atoms with Crippen LogP contribution >= 0.6 is 0 Å². The molecule has 16 heavy (non-hydrogen) atoms. The van der Waals surface area contributed by atoms with E-state index in [1.165, 1.54) is 12.8 Å². The van der Waals surface area contributed by atoms with Gasteiger partial charge in [0, 0.05) is 24.5 Å². The molecule has 0 spiro atoms. The van der Waals surface area contributed by atoms with Gasteiger partial charge in [-0.15, -0.1) is 0 Å². The minimum atomic E-state index is -0.177. The molecule has 2 heterocycles. The zero-order valence-electron chi connectivity index (χ0n) is 9.90. The number of primary amides is 1. The summed E-state index contributed by atoms with van der Waals surface area (Å²) in [7, 11) is 0. The molecule has 2 atom stereocenters. The van der Waals surface area contributed by atoms with E-state index in [1.807, 2.05) is 0 Å². The molecule has 0 saturated carbocycles. The molecule has 4 heteroatoms. The Kier molecular flexibility index (Phi) is 3.82. The number of hydrogen-bond donors (Lipinski definition) is 2. The van der Waals surface area contributed by atoms with Crippen molar-refractivity contribution < 1.29 is 4.79 Å². The quantitative estimate of drug-likeness (QED) is 0.673. The highest BCUT2D eigenvalue weighted by molar-refractivity contribution is 5.73. The van der Waals surface area contributed by atoms with Crippen LogP contribution in [0.1, 0.15) is 44.9 Å². The van der Waals surface area contributed by atoms with Crippen molar-refractivity contribution in [3.8, 4) is 0 Å². The Morgan fingerprint density at radius 3 is 2.38 bits per heavy atom. The molecule has 2 bridgehead atoms. The Balaban J connectivity index is 1.72. The Hall–Kier alpha value is -0.610. The van der Waals surface area contributed by atoms with Crippen molar-refractivity contribution in [3.63, 3.8) is 0 Å². The van der Waals surface area contributed by atoms with Gasteiger partial charge in [-0.3, -0.25) is 9.69 Å². The standard InChI is InChI=1S/C12H23N3O/c13-9-7-10-4-5-11(8-9)15(10)6-2-1-3-12(14)16/h9-11H,1-8,13H2,(H2,14,16). The predicted molar refractivity (Wildman–Crippen MR) is 63.8 cm³/mol. The molecule has 0 aromatic carbocycles. The van der Waals surface area contributed by atoms with Crippen LogP contribution in [0.25, 0.3) is 0 Å². The lowest BCUT2D eigenvalue weighted by Crippen LogP contribution is -2.47. The van der Waals surface area contributed by atoms with E-state index in [-0.39, 0.29) is 5.91 Å². The topological polar surface area (TPSA) is 72.4 Å². The molecule has 1 amide bonds. The van der Waals surface area contributed by atoms with Crippen LogP contribution in [-0.2, 0) is 4.79 Å². The summed E-state index contributed by atoms with van der Waals surface area (Å²) in [6.45, 7) is 1.12. The number of rotatable bonds is 5. The number of fused-ring (bicyclic) bond motifs is 2. The van der Waals surface area contributed by atoms with Crippen molar-refractivity contribution in [2.75, 3.05) is 6.54 Å². The average molecular weight is 225 g/mol. The zero-order chi connectivity index (χ0) is 11.5. The normalized spacial score (nSPS) is 34.2. The van der Waals surface area contributed by atoms with Crippen LogP contribution in [0.5, 0.6) is 0 Å². The third-order valence-electron chi connectivity index (χ3n) is 4.01. The fraction of sp³-hybridized carbons (Fsp3) is 0.917. The Labute approximate surface area is 97.3 Å². The molecule has 2 aliphatic rings. The fourth-order valence-corrected chi connectivity index (χ4v) is 3.27.